The number of nitrogens with one attached hydrogen (secondary N) is 2. The van der Waals surface area contributed by atoms with Gasteiger partial charge in [-0.15, -0.1) is 11.3 Å². The molecule has 176 valence electrons. The zero-order valence-electron chi connectivity index (χ0n) is 19.7. The van der Waals surface area contributed by atoms with E-state index in [2.05, 4.69) is 36.4 Å². The average molecular weight is 471 g/mol. The number of imide groups is 1. The highest BCUT2D eigenvalue weighted by molar-refractivity contribution is 7.16. The Morgan fingerprint density at radius 2 is 1.97 bits per heavy atom. The number of ether oxygens (including phenoxy) is 1. The van der Waals surface area contributed by atoms with Crippen molar-refractivity contribution < 1.29 is 19.1 Å². The fourth-order valence-electron chi connectivity index (χ4n) is 5.42. The smallest absolute Gasteiger partial charge is 0.325 e. The summed E-state index contributed by atoms with van der Waals surface area (Å²) >= 11 is 1.35. The fourth-order valence-corrected chi connectivity index (χ4v) is 6.27. The van der Waals surface area contributed by atoms with E-state index in [0.29, 0.717) is 23.9 Å². The number of carbonyl (C=O) groups excluding carboxylic acids is 3. The summed E-state index contributed by atoms with van der Waals surface area (Å²) in [6.45, 7) is 7.93. The van der Waals surface area contributed by atoms with Crippen LogP contribution in [0.5, 0.6) is 5.75 Å². The SMILES string of the molecule is COc1ccc(-c2nc(NC(=O)CN3C(=O)N[C@]4(C[C@H](C)CC(C)(C)C4)C3=O)sc2C)cc1. The second-order valence-corrected chi connectivity index (χ2v) is 11.2. The summed E-state index contributed by atoms with van der Waals surface area (Å²) in [7, 11) is 1.61. The van der Waals surface area contributed by atoms with Crippen LogP contribution in [0.25, 0.3) is 11.3 Å². The van der Waals surface area contributed by atoms with Crippen molar-refractivity contribution >= 4 is 34.3 Å². The van der Waals surface area contributed by atoms with Crippen molar-refractivity contribution in [2.75, 3.05) is 19.0 Å². The van der Waals surface area contributed by atoms with Gasteiger partial charge < -0.3 is 15.4 Å². The number of thiazole rings is 1. The molecule has 1 aliphatic carbocycles. The molecule has 2 N–H and O–H groups in total. The van der Waals surface area contributed by atoms with Crippen LogP contribution in [0.1, 0.15) is 44.9 Å². The van der Waals surface area contributed by atoms with Crippen molar-refractivity contribution in [3.05, 3.63) is 29.1 Å². The molecular weight excluding hydrogens is 440 g/mol. The number of benzene rings is 1. The van der Waals surface area contributed by atoms with E-state index in [1.165, 1.54) is 11.3 Å². The lowest BCUT2D eigenvalue weighted by atomic mass is 9.64. The molecule has 4 rings (SSSR count). The molecule has 1 aromatic carbocycles. The van der Waals surface area contributed by atoms with Crippen LogP contribution in [-0.2, 0) is 9.59 Å². The van der Waals surface area contributed by atoms with Crippen LogP contribution in [0.4, 0.5) is 9.93 Å². The van der Waals surface area contributed by atoms with Crippen LogP contribution in [0, 0.1) is 18.3 Å². The van der Waals surface area contributed by atoms with E-state index in [4.69, 9.17) is 4.74 Å². The number of methoxy groups -OCH3 is 1. The minimum atomic E-state index is -0.919. The van der Waals surface area contributed by atoms with E-state index < -0.39 is 17.5 Å². The van der Waals surface area contributed by atoms with Gasteiger partial charge in [0.1, 0.15) is 17.8 Å². The first-order chi connectivity index (χ1) is 15.5. The van der Waals surface area contributed by atoms with Crippen molar-refractivity contribution in [2.24, 2.45) is 11.3 Å². The first-order valence-electron chi connectivity index (χ1n) is 11.1. The number of urea groups is 1. The van der Waals surface area contributed by atoms with Gasteiger partial charge in [0, 0.05) is 10.4 Å². The predicted molar refractivity (Wildman–Crippen MR) is 127 cm³/mol. The molecule has 0 radical (unpaired) electrons. The molecule has 2 heterocycles. The molecule has 8 nitrogen and oxygen atoms in total. The van der Waals surface area contributed by atoms with Crippen molar-refractivity contribution in [1.29, 1.82) is 0 Å². The minimum absolute atomic E-state index is 0.0604. The number of amides is 4. The van der Waals surface area contributed by atoms with Crippen molar-refractivity contribution in [3.8, 4) is 17.0 Å². The highest BCUT2D eigenvalue weighted by Gasteiger charge is 2.56. The number of carbonyl (C=O) groups is 3. The highest BCUT2D eigenvalue weighted by atomic mass is 32.1. The van der Waals surface area contributed by atoms with Gasteiger partial charge >= 0.3 is 6.03 Å². The van der Waals surface area contributed by atoms with Gasteiger partial charge in [-0.3, -0.25) is 14.5 Å². The normalized spacial score (nSPS) is 24.2. The average Bonchev–Trinajstić information content (AvgIpc) is 3.18. The van der Waals surface area contributed by atoms with Crippen LogP contribution in [0.15, 0.2) is 24.3 Å². The van der Waals surface area contributed by atoms with E-state index >= 15 is 0 Å². The van der Waals surface area contributed by atoms with Crippen molar-refractivity contribution in [2.45, 2.75) is 52.5 Å². The lowest BCUT2D eigenvalue weighted by Crippen LogP contribution is -2.54. The summed E-state index contributed by atoms with van der Waals surface area (Å²) in [5.74, 6) is 0.300. The van der Waals surface area contributed by atoms with E-state index in [-0.39, 0.29) is 17.9 Å². The molecule has 2 fully saturated rings. The number of hydrogen-bond donors (Lipinski definition) is 2. The van der Waals surface area contributed by atoms with Gasteiger partial charge in [0.05, 0.1) is 12.8 Å². The maximum atomic E-state index is 13.2. The van der Waals surface area contributed by atoms with Crippen molar-refractivity contribution in [3.63, 3.8) is 0 Å². The van der Waals surface area contributed by atoms with E-state index in [9.17, 15) is 14.4 Å². The lowest BCUT2D eigenvalue weighted by molar-refractivity contribution is -0.136. The van der Waals surface area contributed by atoms with E-state index in [0.717, 1.165) is 33.2 Å². The summed E-state index contributed by atoms with van der Waals surface area (Å²) in [5, 5.41) is 6.08. The van der Waals surface area contributed by atoms with E-state index in [1.54, 1.807) is 7.11 Å². The summed E-state index contributed by atoms with van der Waals surface area (Å²) in [5.41, 5.74) is 0.702. The van der Waals surface area contributed by atoms with Gasteiger partial charge in [-0.1, -0.05) is 20.8 Å². The Kier molecular flexibility index (Phi) is 5.94. The molecule has 2 atom stereocenters. The highest BCUT2D eigenvalue weighted by Crippen LogP contribution is 2.46. The fraction of sp³-hybridized carbons (Fsp3) is 0.500. The van der Waals surface area contributed by atoms with Gasteiger partial charge in [-0.25, -0.2) is 9.78 Å². The molecule has 1 aromatic heterocycles. The summed E-state index contributed by atoms with van der Waals surface area (Å²) < 4.78 is 5.19. The summed E-state index contributed by atoms with van der Waals surface area (Å²) in [6.07, 6.45) is 2.16. The Morgan fingerprint density at radius 3 is 2.61 bits per heavy atom. The third kappa shape index (κ3) is 4.59. The third-order valence-electron chi connectivity index (χ3n) is 6.33. The molecule has 1 saturated heterocycles. The molecule has 1 saturated carbocycles. The standard InChI is InChI=1S/C24H30N4O4S/c1-14-10-23(3,4)13-24(11-14)20(30)28(22(31)27-24)12-18(29)25-21-26-19(15(2)33-21)16-6-8-17(32-5)9-7-16/h6-9,14H,10-13H2,1-5H3,(H,27,31)(H,25,26,29)/t14-,24+/m1/s1. The molecule has 0 unspecified atom stereocenters. The molecule has 33 heavy (non-hydrogen) atoms. The van der Waals surface area contributed by atoms with E-state index in [1.807, 2.05) is 31.2 Å². The Hall–Kier alpha value is -2.94. The Morgan fingerprint density at radius 1 is 1.27 bits per heavy atom. The molecule has 0 bridgehead atoms. The lowest BCUT2D eigenvalue weighted by Gasteiger charge is -2.43. The first kappa shape index (κ1) is 23.2. The molecule has 1 aliphatic heterocycles. The Bertz CT molecular complexity index is 1090. The third-order valence-corrected chi connectivity index (χ3v) is 7.22. The quantitative estimate of drug-likeness (QED) is 0.638. The predicted octanol–water partition coefficient (Wildman–Crippen LogP) is 4.20. The monoisotopic (exact) mass is 470 g/mol. The number of hydrogen-bond acceptors (Lipinski definition) is 6. The van der Waals surface area contributed by atoms with Crippen molar-refractivity contribution in [1.82, 2.24) is 15.2 Å². The van der Waals surface area contributed by atoms with Gasteiger partial charge in [0.15, 0.2) is 5.13 Å². The van der Waals surface area contributed by atoms with Gasteiger partial charge in [0.25, 0.3) is 5.91 Å². The molecule has 2 aliphatic rings. The number of nitrogens with zero attached hydrogens (tertiary/aromatic N) is 2. The summed E-state index contributed by atoms with van der Waals surface area (Å²) in [6, 6.07) is 7.02. The van der Waals surface area contributed by atoms with Crippen LogP contribution < -0.4 is 15.4 Å². The second kappa shape index (κ2) is 8.44. The van der Waals surface area contributed by atoms with Crippen LogP contribution >= 0.6 is 11.3 Å². The number of aryl methyl sites for hydroxylation is 1. The van der Waals surface area contributed by atoms with Crippen LogP contribution in [-0.4, -0.2) is 46.9 Å². The maximum absolute atomic E-state index is 13.2. The molecule has 2 aromatic rings. The first-order valence-corrected chi connectivity index (χ1v) is 11.9. The van der Waals surface area contributed by atoms with Crippen LogP contribution in [0.2, 0.25) is 0 Å². The van der Waals surface area contributed by atoms with Gasteiger partial charge in [-0.2, -0.15) is 0 Å². The zero-order chi connectivity index (χ0) is 24.0. The van der Waals surface area contributed by atoms with Gasteiger partial charge in [0.2, 0.25) is 5.91 Å². The second-order valence-electron chi connectivity index (χ2n) is 9.96. The molecule has 4 amide bonds. The Labute approximate surface area is 197 Å². The van der Waals surface area contributed by atoms with Crippen LogP contribution in [0.3, 0.4) is 0 Å². The molecule has 1 spiro atoms. The molecular formula is C24H30N4O4S. The summed E-state index contributed by atoms with van der Waals surface area (Å²) in [4.78, 5) is 45.2. The number of rotatable bonds is 5. The topological polar surface area (TPSA) is 101 Å². The largest absolute Gasteiger partial charge is 0.497 e. The number of anilines is 1. The minimum Gasteiger partial charge on any atom is -0.497 e. The Balaban J connectivity index is 1.45. The van der Waals surface area contributed by atoms with Gasteiger partial charge in [-0.05, 0) is 61.8 Å². The zero-order valence-corrected chi connectivity index (χ0v) is 20.5. The maximum Gasteiger partial charge on any atom is 0.325 e. The number of aromatic nitrogens is 1. The molecule has 9 heteroatoms.